The van der Waals surface area contributed by atoms with Crippen LogP contribution in [0.4, 0.5) is 23.1 Å². The number of rotatable bonds is 9. The Balaban J connectivity index is 1.79. The summed E-state index contributed by atoms with van der Waals surface area (Å²) in [5.74, 6) is -0.414. The lowest BCUT2D eigenvalue weighted by Gasteiger charge is -2.28. The van der Waals surface area contributed by atoms with E-state index in [4.69, 9.17) is 11.5 Å². The van der Waals surface area contributed by atoms with Crippen molar-refractivity contribution in [1.29, 1.82) is 0 Å². The maximum absolute atomic E-state index is 11.9. The van der Waals surface area contributed by atoms with Crippen LogP contribution in [0.3, 0.4) is 0 Å². The first-order valence-electron chi connectivity index (χ1n) is 10.7. The predicted octanol–water partition coefficient (Wildman–Crippen LogP) is 2.62. The first-order chi connectivity index (χ1) is 14.8. The van der Waals surface area contributed by atoms with E-state index < -0.39 is 17.9 Å². The first kappa shape index (κ1) is 22.3. The Kier molecular flexibility index (Phi) is 7.28. The molecule has 1 saturated heterocycles. The van der Waals surface area contributed by atoms with Crippen LogP contribution in [0.25, 0.3) is 0 Å². The first-order valence-corrected chi connectivity index (χ1v) is 10.7. The Morgan fingerprint density at radius 1 is 1.10 bits per heavy atom. The molecule has 1 aliphatic heterocycles. The van der Waals surface area contributed by atoms with E-state index in [1.807, 2.05) is 38.1 Å². The summed E-state index contributed by atoms with van der Waals surface area (Å²) < 4.78 is 0. The van der Waals surface area contributed by atoms with Crippen molar-refractivity contribution in [3.8, 4) is 0 Å². The third-order valence-corrected chi connectivity index (χ3v) is 5.26. The van der Waals surface area contributed by atoms with Crippen LogP contribution >= 0.6 is 0 Å². The number of carbonyl (C=O) groups is 2. The molecule has 2 amide bonds. The number of anilines is 4. The number of nitrogens with one attached hydrogen (secondary N) is 2. The van der Waals surface area contributed by atoms with Crippen LogP contribution in [0.15, 0.2) is 30.5 Å². The molecule has 0 spiro atoms. The molecule has 0 aliphatic carbocycles. The number of benzene rings is 1. The van der Waals surface area contributed by atoms with Gasteiger partial charge in [-0.05, 0) is 55.9 Å². The second-order valence-corrected chi connectivity index (χ2v) is 8.27. The van der Waals surface area contributed by atoms with E-state index in [-0.39, 0.29) is 23.2 Å². The summed E-state index contributed by atoms with van der Waals surface area (Å²) in [7, 11) is 0. The van der Waals surface area contributed by atoms with Crippen molar-refractivity contribution < 1.29 is 9.59 Å². The van der Waals surface area contributed by atoms with Crippen LogP contribution < -0.4 is 27.0 Å². The van der Waals surface area contributed by atoms with Gasteiger partial charge in [0.05, 0.1) is 0 Å². The monoisotopic (exact) mass is 425 g/mol. The summed E-state index contributed by atoms with van der Waals surface area (Å²) in [4.78, 5) is 34.5. The largest absolute Gasteiger partial charge is 0.372 e. The van der Waals surface area contributed by atoms with Gasteiger partial charge in [0.15, 0.2) is 0 Å². The van der Waals surface area contributed by atoms with E-state index in [9.17, 15) is 9.59 Å². The van der Waals surface area contributed by atoms with Crippen LogP contribution in [0.2, 0.25) is 0 Å². The van der Waals surface area contributed by atoms with Gasteiger partial charge in [-0.2, -0.15) is 4.98 Å². The van der Waals surface area contributed by atoms with Crippen molar-refractivity contribution in [3.63, 3.8) is 0 Å². The van der Waals surface area contributed by atoms with Crippen molar-refractivity contribution in [2.24, 2.45) is 17.4 Å². The molecule has 1 fully saturated rings. The average Bonchev–Trinajstić information content (AvgIpc) is 2.74. The smallest absolute Gasteiger partial charge is 0.254 e. The zero-order chi connectivity index (χ0) is 22.4. The van der Waals surface area contributed by atoms with Gasteiger partial charge in [-0.15, -0.1) is 0 Å². The zero-order valence-corrected chi connectivity index (χ0v) is 18.1. The molecule has 2 aromatic rings. The number of primary amides is 2. The summed E-state index contributed by atoms with van der Waals surface area (Å²) in [6.07, 6.45) is 5.58. The fraction of sp³-hybridized carbons (Fsp3) is 0.455. The van der Waals surface area contributed by atoms with Gasteiger partial charge in [0.1, 0.15) is 17.4 Å². The molecule has 166 valence electrons. The molecule has 0 radical (unpaired) electrons. The molecule has 2 heterocycles. The third kappa shape index (κ3) is 6.07. The quantitative estimate of drug-likeness (QED) is 0.484. The van der Waals surface area contributed by atoms with Crippen LogP contribution in [0.1, 0.15) is 49.9 Å². The molecule has 1 aliphatic rings. The molecule has 1 atom stereocenters. The molecule has 9 nitrogen and oxygen atoms in total. The third-order valence-electron chi connectivity index (χ3n) is 5.26. The molecule has 0 bridgehead atoms. The van der Waals surface area contributed by atoms with Crippen LogP contribution in [-0.4, -0.2) is 40.9 Å². The Labute approximate surface area is 182 Å². The predicted molar refractivity (Wildman–Crippen MR) is 122 cm³/mol. The van der Waals surface area contributed by atoms with Gasteiger partial charge in [0.25, 0.3) is 5.91 Å². The minimum Gasteiger partial charge on any atom is -0.372 e. The summed E-state index contributed by atoms with van der Waals surface area (Å²) >= 11 is 0. The van der Waals surface area contributed by atoms with Gasteiger partial charge in [-0.25, -0.2) is 4.98 Å². The van der Waals surface area contributed by atoms with Gasteiger partial charge in [0.2, 0.25) is 11.9 Å². The Hall–Kier alpha value is -3.36. The molecule has 1 unspecified atom stereocenters. The average molecular weight is 426 g/mol. The number of amides is 2. The highest BCUT2D eigenvalue weighted by molar-refractivity contribution is 5.98. The minimum absolute atomic E-state index is 0.158. The van der Waals surface area contributed by atoms with E-state index in [0.29, 0.717) is 6.42 Å². The Bertz CT molecular complexity index is 909. The van der Waals surface area contributed by atoms with E-state index in [0.717, 1.165) is 18.8 Å². The molecular formula is C22H31N7O2. The highest BCUT2D eigenvalue weighted by atomic mass is 16.1. The summed E-state index contributed by atoms with van der Waals surface area (Å²) in [5, 5.41) is 6.10. The molecule has 9 heteroatoms. The maximum atomic E-state index is 11.9. The summed E-state index contributed by atoms with van der Waals surface area (Å²) in [6.45, 7) is 6.12. The minimum atomic E-state index is -0.646. The fourth-order valence-electron chi connectivity index (χ4n) is 3.64. The van der Waals surface area contributed by atoms with Crippen molar-refractivity contribution in [3.05, 3.63) is 36.0 Å². The highest BCUT2D eigenvalue weighted by Gasteiger charge is 2.20. The number of aromatic nitrogens is 2. The summed E-state index contributed by atoms with van der Waals surface area (Å²) in [6, 6.07) is 7.35. The lowest BCUT2D eigenvalue weighted by Crippen LogP contribution is -2.37. The standard InChI is InChI=1S/C22H31N7O2/c1-14(2)12-18(20(24)31)27-22-25-13-17(19(23)30)21(28-22)26-15-6-8-16(9-7-15)29-10-4-3-5-11-29/h6-9,13-14,18H,3-5,10-12H2,1-2H3,(H2,23,30)(H2,24,31)(H2,25,26,27,28). The van der Waals surface area contributed by atoms with Crippen molar-refractivity contribution >= 4 is 35.0 Å². The SMILES string of the molecule is CC(C)CC(Nc1ncc(C(N)=O)c(Nc2ccc(N3CCCCC3)cc2)n1)C(N)=O. The molecule has 0 saturated carbocycles. The lowest BCUT2D eigenvalue weighted by atomic mass is 10.0. The van der Waals surface area contributed by atoms with Gasteiger partial charge in [-0.1, -0.05) is 13.8 Å². The van der Waals surface area contributed by atoms with E-state index >= 15 is 0 Å². The van der Waals surface area contributed by atoms with Crippen LogP contribution in [0.5, 0.6) is 0 Å². The second-order valence-electron chi connectivity index (χ2n) is 8.27. The van der Waals surface area contributed by atoms with Crippen LogP contribution in [0, 0.1) is 5.92 Å². The molecule has 31 heavy (non-hydrogen) atoms. The van der Waals surface area contributed by atoms with E-state index in [1.165, 1.54) is 31.1 Å². The summed E-state index contributed by atoms with van der Waals surface area (Å²) in [5.41, 5.74) is 13.1. The van der Waals surface area contributed by atoms with Crippen molar-refractivity contribution in [2.45, 2.75) is 45.6 Å². The lowest BCUT2D eigenvalue weighted by molar-refractivity contribution is -0.119. The molecule has 3 rings (SSSR count). The van der Waals surface area contributed by atoms with Crippen molar-refractivity contribution in [2.75, 3.05) is 28.6 Å². The normalized spacial score (nSPS) is 14.9. The Morgan fingerprint density at radius 3 is 2.35 bits per heavy atom. The zero-order valence-electron chi connectivity index (χ0n) is 18.1. The van der Waals surface area contributed by atoms with Gasteiger partial charge in [0, 0.05) is 30.7 Å². The van der Waals surface area contributed by atoms with Gasteiger partial charge >= 0.3 is 0 Å². The fourth-order valence-corrected chi connectivity index (χ4v) is 3.64. The van der Waals surface area contributed by atoms with Crippen molar-refractivity contribution in [1.82, 2.24) is 9.97 Å². The topological polar surface area (TPSA) is 139 Å². The number of hydrogen-bond acceptors (Lipinski definition) is 7. The number of carbonyl (C=O) groups excluding carboxylic acids is 2. The number of piperidine rings is 1. The molecule has 6 N–H and O–H groups in total. The highest BCUT2D eigenvalue weighted by Crippen LogP contribution is 2.25. The van der Waals surface area contributed by atoms with Crippen LogP contribution in [-0.2, 0) is 4.79 Å². The number of hydrogen-bond donors (Lipinski definition) is 4. The second kappa shape index (κ2) is 10.1. The van der Waals surface area contributed by atoms with Gasteiger partial charge in [-0.3, -0.25) is 9.59 Å². The maximum Gasteiger partial charge on any atom is 0.254 e. The molecule has 1 aromatic carbocycles. The molecule has 1 aromatic heterocycles. The number of nitrogens with zero attached hydrogens (tertiary/aromatic N) is 3. The Morgan fingerprint density at radius 2 is 1.77 bits per heavy atom. The molecular weight excluding hydrogens is 394 g/mol. The van der Waals surface area contributed by atoms with Gasteiger partial charge < -0.3 is 27.0 Å². The number of nitrogens with two attached hydrogens (primary N) is 2. The van der Waals surface area contributed by atoms with E-state index in [1.54, 1.807) is 0 Å². The van der Waals surface area contributed by atoms with E-state index in [2.05, 4.69) is 25.5 Å².